The van der Waals surface area contributed by atoms with Crippen molar-refractivity contribution in [3.63, 3.8) is 0 Å². The van der Waals surface area contributed by atoms with Gasteiger partial charge in [-0.05, 0) is 69.2 Å². The highest BCUT2D eigenvalue weighted by atomic mass is 32.1. The highest BCUT2D eigenvalue weighted by Gasteiger charge is 2.07. The lowest BCUT2D eigenvalue weighted by Gasteiger charge is -2.12. The van der Waals surface area contributed by atoms with Gasteiger partial charge in [-0.15, -0.1) is 0 Å². The number of thiocarbonyl (C=S) groups is 2. The molecule has 4 nitrogen and oxygen atoms in total. The number of benzene rings is 3. The van der Waals surface area contributed by atoms with Crippen LogP contribution in [-0.4, -0.2) is 10.2 Å². The van der Waals surface area contributed by atoms with Crippen LogP contribution in [0.3, 0.4) is 0 Å². The van der Waals surface area contributed by atoms with Crippen molar-refractivity contribution in [2.45, 2.75) is 13.1 Å². The quantitative estimate of drug-likeness (QED) is 0.426. The zero-order chi connectivity index (χ0) is 17.1. The van der Waals surface area contributed by atoms with Gasteiger partial charge in [0.1, 0.15) is 0 Å². The second-order valence-corrected chi connectivity index (χ2v) is 6.44. The number of fused-ring (bicyclic) bond motifs is 2. The highest BCUT2D eigenvalue weighted by Crippen LogP contribution is 2.28. The second kappa shape index (κ2) is 6.98. The first-order valence-corrected chi connectivity index (χ1v) is 8.36. The number of nitrogens with two attached hydrogens (primary N) is 2. The average Bonchev–Trinajstić information content (AvgIpc) is 2.56. The SMILES string of the molecule is NC(=S)NCc1cccc2cc3cccc(CNC(N)=S)c3cc12. The van der Waals surface area contributed by atoms with Crippen LogP contribution < -0.4 is 22.1 Å². The molecule has 3 aromatic rings. The zero-order valence-corrected chi connectivity index (χ0v) is 14.6. The van der Waals surface area contributed by atoms with Gasteiger partial charge in [0, 0.05) is 13.1 Å². The molecule has 0 fully saturated rings. The third-order valence-corrected chi connectivity index (χ3v) is 4.25. The molecule has 0 atom stereocenters. The summed E-state index contributed by atoms with van der Waals surface area (Å²) in [7, 11) is 0. The molecule has 0 radical (unpaired) electrons. The van der Waals surface area contributed by atoms with E-state index >= 15 is 0 Å². The Hall–Kier alpha value is -2.44. The van der Waals surface area contributed by atoms with E-state index in [2.05, 4.69) is 47.0 Å². The van der Waals surface area contributed by atoms with Crippen molar-refractivity contribution >= 4 is 56.2 Å². The predicted octanol–water partition coefficient (Wildman–Crippen LogP) is 2.66. The Labute approximate surface area is 151 Å². The van der Waals surface area contributed by atoms with E-state index in [1.807, 2.05) is 12.1 Å². The van der Waals surface area contributed by atoms with E-state index in [4.69, 9.17) is 35.9 Å². The van der Waals surface area contributed by atoms with Crippen molar-refractivity contribution in [3.8, 4) is 0 Å². The fourth-order valence-corrected chi connectivity index (χ4v) is 3.00. The van der Waals surface area contributed by atoms with E-state index in [1.165, 1.54) is 21.5 Å². The smallest absolute Gasteiger partial charge is 0.163 e. The predicted molar refractivity (Wildman–Crippen MR) is 109 cm³/mol. The van der Waals surface area contributed by atoms with E-state index in [0.717, 1.165) is 11.1 Å². The first kappa shape index (κ1) is 16.4. The van der Waals surface area contributed by atoms with Gasteiger partial charge in [0.25, 0.3) is 0 Å². The zero-order valence-electron chi connectivity index (χ0n) is 13.0. The molecule has 0 aliphatic rings. The van der Waals surface area contributed by atoms with Crippen LogP contribution in [0.2, 0.25) is 0 Å². The second-order valence-electron chi connectivity index (χ2n) is 5.56. The van der Waals surface area contributed by atoms with Crippen LogP contribution in [0, 0.1) is 0 Å². The van der Waals surface area contributed by atoms with Crippen LogP contribution in [0.5, 0.6) is 0 Å². The summed E-state index contributed by atoms with van der Waals surface area (Å²) in [5, 5.41) is 11.4. The Kier molecular flexibility index (Phi) is 4.78. The molecular weight excluding hydrogens is 336 g/mol. The van der Waals surface area contributed by atoms with Crippen LogP contribution in [-0.2, 0) is 13.1 Å². The lowest BCUT2D eigenvalue weighted by Crippen LogP contribution is -2.28. The number of nitrogens with one attached hydrogen (secondary N) is 2. The van der Waals surface area contributed by atoms with E-state index in [1.54, 1.807) is 0 Å². The van der Waals surface area contributed by atoms with Crippen LogP contribution in [0.25, 0.3) is 21.5 Å². The minimum atomic E-state index is 0.300. The fraction of sp³-hybridized carbons (Fsp3) is 0.111. The van der Waals surface area contributed by atoms with Crippen molar-refractivity contribution in [2.75, 3.05) is 0 Å². The topological polar surface area (TPSA) is 76.1 Å². The molecule has 3 rings (SSSR count). The molecule has 122 valence electrons. The normalized spacial score (nSPS) is 10.7. The molecule has 0 aliphatic carbocycles. The third kappa shape index (κ3) is 3.55. The summed E-state index contributed by atoms with van der Waals surface area (Å²) in [5.74, 6) is 0. The van der Waals surface area contributed by atoms with Crippen LogP contribution in [0.1, 0.15) is 11.1 Å². The molecule has 0 aliphatic heterocycles. The van der Waals surface area contributed by atoms with E-state index in [-0.39, 0.29) is 0 Å². The summed E-state index contributed by atoms with van der Waals surface area (Å²) in [4.78, 5) is 0. The molecule has 0 unspecified atom stereocenters. The summed E-state index contributed by atoms with van der Waals surface area (Å²) >= 11 is 9.82. The summed E-state index contributed by atoms with van der Waals surface area (Å²) < 4.78 is 0. The summed E-state index contributed by atoms with van der Waals surface area (Å²) in [6.07, 6.45) is 0. The van der Waals surface area contributed by atoms with Crippen molar-refractivity contribution in [1.29, 1.82) is 0 Å². The Bertz CT molecular complexity index is 864. The van der Waals surface area contributed by atoms with Crippen molar-refractivity contribution < 1.29 is 0 Å². The standard InChI is InChI=1S/C18H18N4S2/c19-17(23)21-9-13-5-1-3-11-7-12-4-2-6-14(10-22-18(20)24)16(12)8-15(11)13/h1-8H,9-10H2,(H3,19,21,23)(H3,20,22,24). The maximum absolute atomic E-state index is 5.55. The van der Waals surface area contributed by atoms with Gasteiger partial charge in [-0.25, -0.2) is 0 Å². The van der Waals surface area contributed by atoms with Gasteiger partial charge < -0.3 is 22.1 Å². The Morgan fingerprint density at radius 1 is 0.750 bits per heavy atom. The first-order chi connectivity index (χ1) is 11.5. The number of rotatable bonds is 4. The third-order valence-electron chi connectivity index (χ3n) is 3.97. The largest absolute Gasteiger partial charge is 0.376 e. The van der Waals surface area contributed by atoms with Gasteiger partial charge in [-0.3, -0.25) is 0 Å². The van der Waals surface area contributed by atoms with Gasteiger partial charge >= 0.3 is 0 Å². The van der Waals surface area contributed by atoms with Gasteiger partial charge in [0.15, 0.2) is 10.2 Å². The lowest BCUT2D eigenvalue weighted by atomic mass is 9.97. The molecule has 0 spiro atoms. The average molecular weight is 355 g/mol. The molecular formula is C18H18N4S2. The molecule has 0 saturated carbocycles. The first-order valence-electron chi connectivity index (χ1n) is 7.54. The minimum Gasteiger partial charge on any atom is -0.376 e. The van der Waals surface area contributed by atoms with Crippen molar-refractivity contribution in [3.05, 3.63) is 59.7 Å². The molecule has 0 saturated heterocycles. The monoisotopic (exact) mass is 354 g/mol. The molecule has 0 heterocycles. The van der Waals surface area contributed by atoms with Crippen LogP contribution >= 0.6 is 24.4 Å². The summed E-state index contributed by atoms with van der Waals surface area (Å²) in [5.41, 5.74) is 13.4. The molecule has 0 bridgehead atoms. The molecule has 24 heavy (non-hydrogen) atoms. The van der Waals surface area contributed by atoms with E-state index < -0.39 is 0 Å². The highest BCUT2D eigenvalue weighted by molar-refractivity contribution is 7.80. The van der Waals surface area contributed by atoms with E-state index in [0.29, 0.717) is 23.3 Å². The van der Waals surface area contributed by atoms with Gasteiger partial charge in [0.05, 0.1) is 0 Å². The minimum absolute atomic E-state index is 0.300. The number of hydrogen-bond donors (Lipinski definition) is 4. The molecule has 3 aromatic carbocycles. The van der Waals surface area contributed by atoms with Crippen molar-refractivity contribution in [1.82, 2.24) is 10.6 Å². The van der Waals surface area contributed by atoms with Crippen LogP contribution in [0.15, 0.2) is 48.5 Å². The maximum Gasteiger partial charge on any atom is 0.163 e. The Balaban J connectivity index is 2.11. The summed E-state index contributed by atoms with van der Waals surface area (Å²) in [6.45, 7) is 1.21. The van der Waals surface area contributed by atoms with Gasteiger partial charge in [-0.1, -0.05) is 36.4 Å². The number of hydrogen-bond acceptors (Lipinski definition) is 2. The molecule has 0 amide bonds. The summed E-state index contributed by atoms with van der Waals surface area (Å²) in [6, 6.07) is 16.9. The molecule has 6 N–H and O–H groups in total. The van der Waals surface area contributed by atoms with Gasteiger partial charge in [0.2, 0.25) is 0 Å². The molecule has 6 heteroatoms. The van der Waals surface area contributed by atoms with E-state index in [9.17, 15) is 0 Å². The van der Waals surface area contributed by atoms with Crippen molar-refractivity contribution in [2.24, 2.45) is 11.5 Å². The lowest BCUT2D eigenvalue weighted by molar-refractivity contribution is 0.926. The van der Waals surface area contributed by atoms with Crippen LogP contribution in [0.4, 0.5) is 0 Å². The maximum atomic E-state index is 5.55. The fourth-order valence-electron chi connectivity index (χ4n) is 2.85. The van der Waals surface area contributed by atoms with Gasteiger partial charge in [-0.2, -0.15) is 0 Å². The molecule has 0 aromatic heterocycles. The Morgan fingerprint density at radius 3 is 1.62 bits per heavy atom. The Morgan fingerprint density at radius 2 is 1.21 bits per heavy atom.